The molecule has 0 saturated heterocycles. The van der Waals surface area contributed by atoms with Crippen molar-refractivity contribution in [2.45, 2.75) is 16.5 Å². The number of thioether (sulfide) groups is 1. The Kier molecular flexibility index (Phi) is 6.29. The van der Waals surface area contributed by atoms with E-state index >= 15 is 0 Å². The molecule has 27 heavy (non-hydrogen) atoms. The minimum absolute atomic E-state index is 0.149. The Morgan fingerprint density at radius 1 is 1.30 bits per heavy atom. The number of carbonyl (C=O) groups is 1. The summed E-state index contributed by atoms with van der Waals surface area (Å²) in [6.45, 7) is 1.81. The first-order valence-corrected chi connectivity index (χ1v) is 10.3. The van der Waals surface area contributed by atoms with Crippen molar-refractivity contribution in [3.8, 4) is 11.8 Å². The number of nitrogens with zero attached hydrogens (tertiary/aromatic N) is 3. The predicted molar refractivity (Wildman–Crippen MR) is 112 cm³/mol. The summed E-state index contributed by atoms with van der Waals surface area (Å²) in [5, 5.41) is 16.4. The first-order chi connectivity index (χ1) is 13.0. The van der Waals surface area contributed by atoms with Crippen LogP contribution in [0.1, 0.15) is 12.5 Å². The summed E-state index contributed by atoms with van der Waals surface area (Å²) in [6.07, 6.45) is 0. The third kappa shape index (κ3) is 4.96. The first kappa shape index (κ1) is 19.6. The van der Waals surface area contributed by atoms with Crippen LogP contribution in [0.25, 0.3) is 5.69 Å². The van der Waals surface area contributed by atoms with Crippen LogP contribution in [-0.2, 0) is 4.79 Å². The Balaban J connectivity index is 1.68. The normalized spacial score (nSPS) is 11.6. The lowest BCUT2D eigenvalue weighted by atomic mass is 10.2. The fourth-order valence-corrected chi connectivity index (χ4v) is 4.76. The van der Waals surface area contributed by atoms with E-state index in [0.29, 0.717) is 24.6 Å². The average Bonchev–Trinajstić information content (AvgIpc) is 3.03. The number of hydrogen-bond donors (Lipinski definition) is 1. The number of nitriles is 1. The van der Waals surface area contributed by atoms with Crippen LogP contribution >= 0.6 is 46.9 Å². The van der Waals surface area contributed by atoms with Crippen molar-refractivity contribution in [3.63, 3.8) is 0 Å². The average molecular weight is 433 g/mol. The molecule has 9 heteroatoms. The highest BCUT2D eigenvalue weighted by Crippen LogP contribution is 2.28. The summed E-state index contributed by atoms with van der Waals surface area (Å²) in [4.78, 5) is 12.4. The van der Waals surface area contributed by atoms with Gasteiger partial charge in [0, 0.05) is 10.7 Å². The lowest BCUT2D eigenvalue weighted by Gasteiger charge is -2.10. The summed E-state index contributed by atoms with van der Waals surface area (Å²) < 4.78 is 2.96. The molecule has 3 aromatic rings. The van der Waals surface area contributed by atoms with Crippen LogP contribution in [0.15, 0.2) is 52.9 Å². The Hall–Kier alpha value is -2.18. The smallest absolute Gasteiger partial charge is 0.237 e. The molecule has 1 unspecified atom stereocenters. The lowest BCUT2D eigenvalue weighted by Crippen LogP contribution is -2.22. The molecule has 0 aliphatic carbocycles. The third-order valence-electron chi connectivity index (χ3n) is 3.53. The van der Waals surface area contributed by atoms with Gasteiger partial charge in [-0.2, -0.15) is 5.26 Å². The summed E-state index contributed by atoms with van der Waals surface area (Å²) in [7, 11) is 0. The molecule has 0 saturated carbocycles. The molecule has 1 aromatic heterocycles. The lowest BCUT2D eigenvalue weighted by molar-refractivity contribution is -0.115. The molecule has 1 amide bonds. The molecule has 0 radical (unpaired) electrons. The second-order valence-electron chi connectivity index (χ2n) is 5.46. The van der Waals surface area contributed by atoms with E-state index in [-0.39, 0.29) is 11.2 Å². The highest BCUT2D eigenvalue weighted by atomic mass is 35.5. The largest absolute Gasteiger partial charge is 0.325 e. The predicted octanol–water partition coefficient (Wildman–Crippen LogP) is 5.31. The molecule has 0 aliphatic rings. The molecule has 0 aliphatic heterocycles. The van der Waals surface area contributed by atoms with Gasteiger partial charge in [-0.15, -0.1) is 5.10 Å². The number of benzene rings is 2. The maximum absolute atomic E-state index is 12.4. The van der Waals surface area contributed by atoms with Crippen LogP contribution in [0, 0.1) is 15.3 Å². The van der Waals surface area contributed by atoms with Crippen LogP contribution in [-0.4, -0.2) is 20.9 Å². The Labute approximate surface area is 174 Å². The van der Waals surface area contributed by atoms with Gasteiger partial charge in [0.05, 0.1) is 22.6 Å². The number of anilines is 1. The molecule has 0 spiro atoms. The highest BCUT2D eigenvalue weighted by Gasteiger charge is 2.17. The molecule has 136 valence electrons. The molecule has 1 atom stereocenters. The van der Waals surface area contributed by atoms with E-state index in [1.54, 1.807) is 48.0 Å². The minimum Gasteiger partial charge on any atom is -0.325 e. The summed E-state index contributed by atoms with van der Waals surface area (Å²) in [5.41, 5.74) is 2.01. The van der Waals surface area contributed by atoms with E-state index in [1.165, 1.54) is 23.1 Å². The van der Waals surface area contributed by atoms with Crippen molar-refractivity contribution < 1.29 is 4.79 Å². The topological polar surface area (TPSA) is 70.7 Å². The van der Waals surface area contributed by atoms with E-state index in [0.717, 1.165) is 5.69 Å². The summed E-state index contributed by atoms with van der Waals surface area (Å²) in [6, 6.07) is 16.0. The zero-order valence-corrected chi connectivity index (χ0v) is 17.3. The number of aromatic nitrogens is 2. The second kappa shape index (κ2) is 8.67. The molecular formula is C18H13ClN4OS3. The van der Waals surface area contributed by atoms with Crippen LogP contribution in [0.5, 0.6) is 0 Å². The van der Waals surface area contributed by atoms with Gasteiger partial charge in [-0.25, -0.2) is 4.68 Å². The van der Waals surface area contributed by atoms with Crippen LogP contribution in [0.4, 0.5) is 5.69 Å². The minimum atomic E-state index is -0.361. The highest BCUT2D eigenvalue weighted by molar-refractivity contribution is 8.02. The number of hydrogen-bond acceptors (Lipinski definition) is 6. The molecule has 3 rings (SSSR count). The van der Waals surface area contributed by atoms with Gasteiger partial charge in [-0.05, 0) is 67.7 Å². The Morgan fingerprint density at radius 3 is 2.59 bits per heavy atom. The second-order valence-corrected chi connectivity index (χ2v) is 9.11. The van der Waals surface area contributed by atoms with Gasteiger partial charge >= 0.3 is 0 Å². The number of nitrogens with one attached hydrogen (secondary N) is 1. The summed E-state index contributed by atoms with van der Waals surface area (Å²) >= 11 is 14.0. The van der Waals surface area contributed by atoms with Gasteiger partial charge in [-0.3, -0.25) is 4.79 Å². The van der Waals surface area contributed by atoms with Gasteiger partial charge in [0.25, 0.3) is 0 Å². The van der Waals surface area contributed by atoms with E-state index in [9.17, 15) is 4.79 Å². The van der Waals surface area contributed by atoms with Gasteiger partial charge in [-0.1, -0.05) is 34.7 Å². The number of amides is 1. The van der Waals surface area contributed by atoms with Crippen molar-refractivity contribution in [2.24, 2.45) is 0 Å². The Bertz CT molecular complexity index is 1050. The van der Waals surface area contributed by atoms with E-state index in [2.05, 4.69) is 10.4 Å². The van der Waals surface area contributed by atoms with Gasteiger partial charge in [0.2, 0.25) is 5.91 Å². The molecular weight excluding hydrogens is 420 g/mol. The monoisotopic (exact) mass is 432 g/mol. The van der Waals surface area contributed by atoms with E-state index in [4.69, 9.17) is 29.1 Å². The number of rotatable bonds is 5. The van der Waals surface area contributed by atoms with Gasteiger partial charge in [0.15, 0.2) is 8.29 Å². The van der Waals surface area contributed by atoms with Crippen LogP contribution < -0.4 is 5.32 Å². The van der Waals surface area contributed by atoms with Crippen molar-refractivity contribution in [1.82, 2.24) is 9.78 Å². The van der Waals surface area contributed by atoms with E-state index in [1.807, 2.05) is 18.2 Å². The first-order valence-electron chi connectivity index (χ1n) is 7.80. The molecule has 0 bridgehead atoms. The fourth-order valence-electron chi connectivity index (χ4n) is 2.13. The molecule has 5 nitrogen and oxygen atoms in total. The molecule has 2 aromatic carbocycles. The molecule has 1 N–H and O–H groups in total. The zero-order chi connectivity index (χ0) is 19.4. The zero-order valence-electron chi connectivity index (χ0n) is 14.0. The molecule has 1 heterocycles. The van der Waals surface area contributed by atoms with Crippen molar-refractivity contribution >= 4 is 58.5 Å². The van der Waals surface area contributed by atoms with Crippen molar-refractivity contribution in [3.05, 3.63) is 63.1 Å². The van der Waals surface area contributed by atoms with Crippen molar-refractivity contribution in [1.29, 1.82) is 5.26 Å². The third-order valence-corrected chi connectivity index (χ3v) is 6.20. The van der Waals surface area contributed by atoms with Gasteiger partial charge in [0.1, 0.15) is 0 Å². The van der Waals surface area contributed by atoms with Crippen molar-refractivity contribution in [2.75, 3.05) is 5.32 Å². The standard InChI is InChI=1S/C18H13ClN4OS3/c1-11(16(24)21-14-6-2-12(10-20)3-7-14)26-17-22-23(18(25)27-17)15-8-4-13(19)5-9-15/h2-9,11H,1H3,(H,21,24). The fraction of sp³-hybridized carbons (Fsp3) is 0.111. The number of carbonyl (C=O) groups excluding carboxylic acids is 1. The summed E-state index contributed by atoms with van der Waals surface area (Å²) in [5.74, 6) is -0.149. The quantitative estimate of drug-likeness (QED) is 0.437. The van der Waals surface area contributed by atoms with E-state index < -0.39 is 0 Å². The van der Waals surface area contributed by atoms with Crippen LogP contribution in [0.2, 0.25) is 5.02 Å². The SMILES string of the molecule is CC(Sc1nn(-c2ccc(Cl)cc2)c(=S)s1)C(=O)Nc1ccc(C#N)cc1. The molecule has 0 fully saturated rings. The maximum atomic E-state index is 12.4. The number of halogens is 1. The van der Waals surface area contributed by atoms with Gasteiger partial charge < -0.3 is 5.32 Å². The maximum Gasteiger partial charge on any atom is 0.237 e. The Morgan fingerprint density at radius 2 is 1.96 bits per heavy atom. The van der Waals surface area contributed by atoms with Crippen LogP contribution in [0.3, 0.4) is 0 Å².